The van der Waals surface area contributed by atoms with Gasteiger partial charge in [0.25, 0.3) is 0 Å². The molecular weight excluding hydrogens is 156 g/mol. The van der Waals surface area contributed by atoms with Gasteiger partial charge in [-0.15, -0.1) is 6.42 Å². The average molecular weight is 168 g/mol. The molecular formula is C9H12O3. The predicted molar refractivity (Wildman–Crippen MR) is 44.3 cm³/mol. The Balaban J connectivity index is 4.03. The Labute approximate surface area is 72.1 Å². The summed E-state index contributed by atoms with van der Waals surface area (Å²) in [7, 11) is 0. The summed E-state index contributed by atoms with van der Waals surface area (Å²) in [4.78, 5) is 21.4. The molecule has 0 saturated heterocycles. The summed E-state index contributed by atoms with van der Waals surface area (Å²) in [5, 5.41) is 0. The maximum atomic E-state index is 10.9. The third kappa shape index (κ3) is 4.51. The predicted octanol–water partition coefficient (Wildman–Crippen LogP) is 0.921. The smallest absolute Gasteiger partial charge is 0.314 e. The van der Waals surface area contributed by atoms with Crippen molar-refractivity contribution < 1.29 is 14.3 Å². The molecule has 0 saturated carbocycles. The molecule has 0 aromatic carbocycles. The van der Waals surface area contributed by atoms with E-state index >= 15 is 0 Å². The van der Waals surface area contributed by atoms with Gasteiger partial charge in [-0.3, -0.25) is 9.59 Å². The highest BCUT2D eigenvalue weighted by atomic mass is 16.6. The van der Waals surface area contributed by atoms with Crippen molar-refractivity contribution in [1.82, 2.24) is 0 Å². The van der Waals surface area contributed by atoms with Crippen molar-refractivity contribution in [2.24, 2.45) is 0 Å². The van der Waals surface area contributed by atoms with Gasteiger partial charge in [0.05, 0.1) is 0 Å². The minimum atomic E-state index is -0.924. The van der Waals surface area contributed by atoms with Gasteiger partial charge in [0.1, 0.15) is 12.2 Å². The number of hydrogen-bond donors (Lipinski definition) is 0. The third-order valence-corrected chi connectivity index (χ3v) is 1.11. The zero-order valence-corrected chi connectivity index (χ0v) is 7.51. The third-order valence-electron chi connectivity index (χ3n) is 1.11. The standard InChI is InChI=1S/C9H12O3/c1-5-9(3,4)12-8(11)6-7(2)10/h1H,6H2,2-4H3. The Morgan fingerprint density at radius 2 is 2.00 bits per heavy atom. The number of ketones is 1. The van der Waals surface area contributed by atoms with Crippen molar-refractivity contribution in [2.45, 2.75) is 32.8 Å². The highest BCUT2D eigenvalue weighted by molar-refractivity contribution is 5.94. The fourth-order valence-corrected chi connectivity index (χ4v) is 0.553. The first-order valence-electron chi connectivity index (χ1n) is 3.56. The summed E-state index contributed by atoms with van der Waals surface area (Å²) in [5.41, 5.74) is -0.924. The van der Waals surface area contributed by atoms with E-state index in [0.29, 0.717) is 0 Å². The largest absolute Gasteiger partial charge is 0.446 e. The SMILES string of the molecule is C#CC(C)(C)OC(=O)CC(C)=O. The van der Waals surface area contributed by atoms with Crippen LogP contribution in [0.5, 0.6) is 0 Å². The Kier molecular flexibility index (Phi) is 3.49. The van der Waals surface area contributed by atoms with Crippen molar-refractivity contribution in [2.75, 3.05) is 0 Å². The van der Waals surface area contributed by atoms with Gasteiger partial charge in [0.2, 0.25) is 0 Å². The van der Waals surface area contributed by atoms with Crippen molar-refractivity contribution in [3.8, 4) is 12.3 Å². The molecule has 0 aromatic heterocycles. The Bertz CT molecular complexity index is 233. The topological polar surface area (TPSA) is 43.4 Å². The number of rotatable bonds is 3. The minimum absolute atomic E-state index is 0.217. The normalized spacial score (nSPS) is 10.2. The summed E-state index contributed by atoms with van der Waals surface area (Å²) in [6.07, 6.45) is 4.86. The Morgan fingerprint density at radius 1 is 1.50 bits per heavy atom. The summed E-state index contributed by atoms with van der Waals surface area (Å²) in [6.45, 7) is 4.50. The first-order valence-corrected chi connectivity index (χ1v) is 3.56. The van der Waals surface area contributed by atoms with Crippen LogP contribution in [0, 0.1) is 12.3 Å². The summed E-state index contributed by atoms with van der Waals surface area (Å²) < 4.78 is 4.80. The molecule has 3 nitrogen and oxygen atoms in total. The number of carbonyl (C=O) groups is 2. The van der Waals surface area contributed by atoms with Crippen LogP contribution in [-0.4, -0.2) is 17.4 Å². The maximum Gasteiger partial charge on any atom is 0.314 e. The van der Waals surface area contributed by atoms with Gasteiger partial charge in [-0.25, -0.2) is 0 Å². The fourth-order valence-electron chi connectivity index (χ4n) is 0.553. The number of ether oxygens (including phenoxy) is 1. The van der Waals surface area contributed by atoms with E-state index in [4.69, 9.17) is 11.2 Å². The second-order valence-corrected chi connectivity index (χ2v) is 3.01. The van der Waals surface area contributed by atoms with E-state index in [1.54, 1.807) is 13.8 Å². The second kappa shape index (κ2) is 3.91. The number of terminal acetylenes is 1. The molecule has 0 fully saturated rings. The van der Waals surface area contributed by atoms with E-state index < -0.39 is 11.6 Å². The van der Waals surface area contributed by atoms with Crippen molar-refractivity contribution in [3.63, 3.8) is 0 Å². The number of hydrogen-bond acceptors (Lipinski definition) is 3. The first-order chi connectivity index (χ1) is 5.37. The van der Waals surface area contributed by atoms with Crippen molar-refractivity contribution >= 4 is 11.8 Å². The van der Waals surface area contributed by atoms with Gasteiger partial charge < -0.3 is 4.74 Å². The summed E-state index contributed by atoms with van der Waals surface area (Å²) in [6, 6.07) is 0. The van der Waals surface area contributed by atoms with Crippen LogP contribution in [0.15, 0.2) is 0 Å². The van der Waals surface area contributed by atoms with Gasteiger partial charge in [-0.1, -0.05) is 5.92 Å². The van der Waals surface area contributed by atoms with Gasteiger partial charge in [0, 0.05) is 0 Å². The molecule has 3 heteroatoms. The minimum Gasteiger partial charge on any atom is -0.446 e. The molecule has 12 heavy (non-hydrogen) atoms. The lowest BCUT2D eigenvalue weighted by Gasteiger charge is -2.17. The van der Waals surface area contributed by atoms with E-state index in [2.05, 4.69) is 5.92 Å². The molecule has 0 spiro atoms. The van der Waals surface area contributed by atoms with Crippen LogP contribution in [0.3, 0.4) is 0 Å². The molecule has 0 aliphatic heterocycles. The van der Waals surface area contributed by atoms with E-state index in [9.17, 15) is 9.59 Å². The molecule has 0 amide bonds. The first kappa shape index (κ1) is 10.7. The lowest BCUT2D eigenvalue weighted by atomic mass is 10.1. The van der Waals surface area contributed by atoms with Crippen molar-refractivity contribution in [3.05, 3.63) is 0 Å². The van der Waals surface area contributed by atoms with Crippen molar-refractivity contribution in [1.29, 1.82) is 0 Å². The van der Waals surface area contributed by atoms with Gasteiger partial charge >= 0.3 is 5.97 Å². The maximum absolute atomic E-state index is 10.9. The highest BCUT2D eigenvalue weighted by Gasteiger charge is 2.19. The zero-order chi connectivity index (χ0) is 9.78. The van der Waals surface area contributed by atoms with E-state index in [1.807, 2.05) is 0 Å². The van der Waals surface area contributed by atoms with Crippen LogP contribution in [0.2, 0.25) is 0 Å². The lowest BCUT2D eigenvalue weighted by molar-refractivity contribution is -0.153. The van der Waals surface area contributed by atoms with Crippen LogP contribution in [0.1, 0.15) is 27.2 Å². The second-order valence-electron chi connectivity index (χ2n) is 3.01. The molecule has 0 atom stereocenters. The van der Waals surface area contributed by atoms with Gasteiger partial charge in [-0.2, -0.15) is 0 Å². The fraction of sp³-hybridized carbons (Fsp3) is 0.556. The molecule has 0 rings (SSSR count). The van der Waals surface area contributed by atoms with Crippen LogP contribution in [0.25, 0.3) is 0 Å². The molecule has 66 valence electrons. The summed E-state index contributed by atoms with van der Waals surface area (Å²) in [5.74, 6) is 1.48. The van der Waals surface area contributed by atoms with Crippen LogP contribution >= 0.6 is 0 Å². The Morgan fingerprint density at radius 3 is 2.33 bits per heavy atom. The molecule has 0 bridgehead atoms. The molecule has 0 aromatic rings. The number of Topliss-reactive ketones (excluding diaryl/α,β-unsaturated/α-hetero) is 1. The molecule has 0 heterocycles. The zero-order valence-electron chi connectivity index (χ0n) is 7.51. The molecule has 0 aliphatic rings. The van der Waals surface area contributed by atoms with Crippen LogP contribution in [0.4, 0.5) is 0 Å². The average Bonchev–Trinajstić information content (AvgIpc) is 1.84. The Hall–Kier alpha value is -1.30. The van der Waals surface area contributed by atoms with Crippen LogP contribution < -0.4 is 0 Å². The molecule has 0 aliphatic carbocycles. The van der Waals surface area contributed by atoms with Crippen LogP contribution in [-0.2, 0) is 14.3 Å². The monoisotopic (exact) mass is 168 g/mol. The number of carbonyl (C=O) groups excluding carboxylic acids is 2. The van der Waals surface area contributed by atoms with Gasteiger partial charge in [0.15, 0.2) is 5.60 Å². The number of esters is 1. The van der Waals surface area contributed by atoms with Gasteiger partial charge in [-0.05, 0) is 20.8 Å². The highest BCUT2D eigenvalue weighted by Crippen LogP contribution is 2.08. The van der Waals surface area contributed by atoms with E-state index in [1.165, 1.54) is 6.92 Å². The molecule has 0 unspecified atom stereocenters. The molecule has 0 N–H and O–H groups in total. The van der Waals surface area contributed by atoms with E-state index in [-0.39, 0.29) is 12.2 Å². The van der Waals surface area contributed by atoms with E-state index in [0.717, 1.165) is 0 Å². The lowest BCUT2D eigenvalue weighted by Crippen LogP contribution is -2.26. The summed E-state index contributed by atoms with van der Waals surface area (Å²) >= 11 is 0. The molecule has 0 radical (unpaired) electrons. The quantitative estimate of drug-likeness (QED) is 0.357.